The van der Waals surface area contributed by atoms with Gasteiger partial charge in [-0.3, -0.25) is 9.89 Å². The van der Waals surface area contributed by atoms with Gasteiger partial charge in [0.1, 0.15) is 11.6 Å². The van der Waals surface area contributed by atoms with Crippen molar-refractivity contribution in [2.24, 2.45) is 0 Å². The number of hydrogen-bond donors (Lipinski definition) is 2. The van der Waals surface area contributed by atoms with E-state index >= 15 is 0 Å². The standard InChI is InChI=1S/C17H19ClN4O2/c18-12-3-4-14(23)13(9-12)17(24)22-7-5-11(6-8-22)16-19-15(20-21-16)10-1-2-10/h3-4,9-11,23H,1-2,5-8H2,(H,19,20,21). The zero-order valence-electron chi connectivity index (χ0n) is 13.2. The molecule has 126 valence electrons. The minimum absolute atomic E-state index is 0.0316. The molecule has 2 aromatic rings. The van der Waals surface area contributed by atoms with E-state index in [0.717, 1.165) is 24.5 Å². The number of rotatable bonds is 3. The molecule has 1 amide bonds. The first-order valence-electron chi connectivity index (χ1n) is 8.32. The van der Waals surface area contributed by atoms with E-state index in [0.29, 0.717) is 29.9 Å². The summed E-state index contributed by atoms with van der Waals surface area (Å²) in [7, 11) is 0. The Kier molecular flexibility index (Phi) is 3.92. The fourth-order valence-electron chi connectivity index (χ4n) is 3.20. The van der Waals surface area contributed by atoms with Crippen LogP contribution in [-0.2, 0) is 0 Å². The number of benzene rings is 1. The van der Waals surface area contributed by atoms with E-state index in [1.165, 1.54) is 25.0 Å². The summed E-state index contributed by atoms with van der Waals surface area (Å²) in [6, 6.07) is 4.54. The summed E-state index contributed by atoms with van der Waals surface area (Å²) < 4.78 is 0. The summed E-state index contributed by atoms with van der Waals surface area (Å²) in [6.45, 7) is 1.27. The van der Waals surface area contributed by atoms with Crippen molar-refractivity contribution in [3.8, 4) is 5.75 Å². The van der Waals surface area contributed by atoms with Crippen molar-refractivity contribution in [3.05, 3.63) is 40.4 Å². The molecule has 1 aliphatic carbocycles. The highest BCUT2D eigenvalue weighted by Gasteiger charge is 2.31. The van der Waals surface area contributed by atoms with E-state index in [4.69, 9.17) is 11.6 Å². The Hall–Kier alpha value is -2.08. The van der Waals surface area contributed by atoms with E-state index in [1.54, 1.807) is 11.0 Å². The van der Waals surface area contributed by atoms with Crippen LogP contribution in [0.25, 0.3) is 0 Å². The zero-order valence-corrected chi connectivity index (χ0v) is 14.0. The van der Waals surface area contributed by atoms with Crippen LogP contribution in [-0.4, -0.2) is 44.2 Å². The maximum atomic E-state index is 12.6. The van der Waals surface area contributed by atoms with Crippen LogP contribution in [0.5, 0.6) is 5.75 Å². The molecule has 2 heterocycles. The molecule has 0 bridgehead atoms. The molecular weight excluding hydrogens is 328 g/mol. The lowest BCUT2D eigenvalue weighted by Gasteiger charge is -2.31. The number of carbonyl (C=O) groups excluding carboxylic acids is 1. The second-order valence-corrected chi connectivity index (χ2v) is 7.02. The molecule has 1 saturated heterocycles. The Balaban J connectivity index is 1.41. The highest BCUT2D eigenvalue weighted by atomic mass is 35.5. The molecule has 1 aromatic heterocycles. The molecule has 2 N–H and O–H groups in total. The minimum Gasteiger partial charge on any atom is -0.507 e. The molecule has 0 radical (unpaired) electrons. The maximum Gasteiger partial charge on any atom is 0.257 e. The minimum atomic E-state index is -0.176. The first-order valence-corrected chi connectivity index (χ1v) is 8.69. The molecule has 1 saturated carbocycles. The molecule has 0 atom stereocenters. The van der Waals surface area contributed by atoms with Crippen molar-refractivity contribution in [2.75, 3.05) is 13.1 Å². The van der Waals surface area contributed by atoms with Crippen LogP contribution in [0, 0.1) is 0 Å². The highest BCUT2D eigenvalue weighted by molar-refractivity contribution is 6.31. The molecule has 0 spiro atoms. The number of aromatic amines is 1. The van der Waals surface area contributed by atoms with Gasteiger partial charge in [0.2, 0.25) is 0 Å². The van der Waals surface area contributed by atoms with Crippen molar-refractivity contribution in [3.63, 3.8) is 0 Å². The number of nitrogens with one attached hydrogen (secondary N) is 1. The van der Waals surface area contributed by atoms with Gasteiger partial charge in [-0.05, 0) is 43.9 Å². The molecule has 4 rings (SSSR count). The maximum absolute atomic E-state index is 12.6. The van der Waals surface area contributed by atoms with Crippen molar-refractivity contribution in [2.45, 2.75) is 37.5 Å². The smallest absolute Gasteiger partial charge is 0.257 e. The summed E-state index contributed by atoms with van der Waals surface area (Å²) in [4.78, 5) is 19.0. The van der Waals surface area contributed by atoms with Crippen LogP contribution in [0.3, 0.4) is 0 Å². The van der Waals surface area contributed by atoms with Crippen LogP contribution in [0.4, 0.5) is 0 Å². The third-order valence-electron chi connectivity index (χ3n) is 4.82. The monoisotopic (exact) mass is 346 g/mol. The predicted octanol–water partition coefficient (Wildman–Crippen LogP) is 3.06. The Morgan fingerprint density at radius 1 is 1.21 bits per heavy atom. The molecule has 2 fully saturated rings. The fraction of sp³-hybridized carbons (Fsp3) is 0.471. The Bertz CT molecular complexity index is 764. The molecule has 1 aliphatic heterocycles. The first-order chi connectivity index (χ1) is 11.6. The van der Waals surface area contributed by atoms with Gasteiger partial charge in [-0.25, -0.2) is 4.98 Å². The zero-order chi connectivity index (χ0) is 16.7. The van der Waals surface area contributed by atoms with E-state index in [9.17, 15) is 9.90 Å². The number of aromatic nitrogens is 3. The predicted molar refractivity (Wildman–Crippen MR) is 89.4 cm³/mol. The average Bonchev–Trinajstić information content (AvgIpc) is 3.34. The van der Waals surface area contributed by atoms with E-state index in [-0.39, 0.29) is 17.2 Å². The Morgan fingerprint density at radius 3 is 2.67 bits per heavy atom. The van der Waals surface area contributed by atoms with Gasteiger partial charge in [0.05, 0.1) is 5.56 Å². The SMILES string of the molecule is O=C(c1cc(Cl)ccc1O)N1CCC(c2nc(C3CC3)n[nH]2)CC1. The van der Waals surface area contributed by atoms with Crippen LogP contribution < -0.4 is 0 Å². The molecule has 6 nitrogen and oxygen atoms in total. The Morgan fingerprint density at radius 2 is 1.96 bits per heavy atom. The molecule has 7 heteroatoms. The van der Waals surface area contributed by atoms with Crippen molar-refractivity contribution < 1.29 is 9.90 Å². The number of H-pyrrole nitrogens is 1. The third-order valence-corrected chi connectivity index (χ3v) is 5.06. The van der Waals surface area contributed by atoms with Gasteiger partial charge in [-0.2, -0.15) is 5.10 Å². The van der Waals surface area contributed by atoms with E-state index in [1.807, 2.05) is 0 Å². The van der Waals surface area contributed by atoms with Gasteiger partial charge in [0.25, 0.3) is 5.91 Å². The normalized spacial score (nSPS) is 18.8. The van der Waals surface area contributed by atoms with E-state index in [2.05, 4.69) is 15.2 Å². The average molecular weight is 347 g/mol. The van der Waals surface area contributed by atoms with Gasteiger partial charge in [-0.15, -0.1) is 0 Å². The topological polar surface area (TPSA) is 82.1 Å². The lowest BCUT2D eigenvalue weighted by atomic mass is 9.95. The second kappa shape index (κ2) is 6.09. The summed E-state index contributed by atoms with van der Waals surface area (Å²) in [6.07, 6.45) is 4.06. The van der Waals surface area contributed by atoms with Gasteiger partial charge in [-0.1, -0.05) is 11.6 Å². The second-order valence-electron chi connectivity index (χ2n) is 6.58. The number of piperidine rings is 1. The third kappa shape index (κ3) is 2.98. The largest absolute Gasteiger partial charge is 0.507 e. The lowest BCUT2D eigenvalue weighted by Crippen LogP contribution is -2.38. The number of carbonyl (C=O) groups is 1. The van der Waals surface area contributed by atoms with Crippen molar-refractivity contribution in [1.82, 2.24) is 20.1 Å². The summed E-state index contributed by atoms with van der Waals surface area (Å²) in [5.74, 6) is 2.52. The number of halogens is 1. The van der Waals surface area contributed by atoms with Crippen LogP contribution in [0.2, 0.25) is 5.02 Å². The first kappa shape index (κ1) is 15.4. The number of likely N-dealkylation sites (tertiary alicyclic amines) is 1. The van der Waals surface area contributed by atoms with Crippen LogP contribution >= 0.6 is 11.6 Å². The van der Waals surface area contributed by atoms with Gasteiger partial charge >= 0.3 is 0 Å². The summed E-state index contributed by atoms with van der Waals surface area (Å²) in [5, 5.41) is 17.7. The molecule has 2 aliphatic rings. The van der Waals surface area contributed by atoms with Crippen LogP contribution in [0.15, 0.2) is 18.2 Å². The van der Waals surface area contributed by atoms with Gasteiger partial charge < -0.3 is 10.0 Å². The van der Waals surface area contributed by atoms with Crippen LogP contribution in [0.1, 0.15) is 59.5 Å². The number of amides is 1. The van der Waals surface area contributed by atoms with E-state index < -0.39 is 0 Å². The van der Waals surface area contributed by atoms with Gasteiger partial charge in [0.15, 0.2) is 5.82 Å². The van der Waals surface area contributed by atoms with Gasteiger partial charge in [0, 0.05) is 29.9 Å². The highest BCUT2D eigenvalue weighted by Crippen LogP contribution is 2.38. The number of phenolic OH excluding ortho intramolecular Hbond substituents is 1. The summed E-state index contributed by atoms with van der Waals surface area (Å²) >= 11 is 5.93. The molecule has 24 heavy (non-hydrogen) atoms. The fourth-order valence-corrected chi connectivity index (χ4v) is 3.37. The molecule has 0 unspecified atom stereocenters. The van der Waals surface area contributed by atoms with Crippen molar-refractivity contribution >= 4 is 17.5 Å². The number of phenols is 1. The molecule has 1 aromatic carbocycles. The number of nitrogens with zero attached hydrogens (tertiary/aromatic N) is 3. The van der Waals surface area contributed by atoms with Crippen molar-refractivity contribution in [1.29, 1.82) is 0 Å². The lowest BCUT2D eigenvalue weighted by molar-refractivity contribution is 0.0708. The number of hydrogen-bond acceptors (Lipinski definition) is 4. The summed E-state index contributed by atoms with van der Waals surface area (Å²) in [5.41, 5.74) is 0.261. The quantitative estimate of drug-likeness (QED) is 0.894. The number of aromatic hydroxyl groups is 1. The Labute approximate surface area is 144 Å². The molecular formula is C17H19ClN4O2.